The Hall–Kier alpha value is -4.11. The molecule has 0 bridgehead atoms. The van der Waals surface area contributed by atoms with Crippen LogP contribution in [0, 0.1) is 0 Å². The molecule has 4 nitrogen and oxygen atoms in total. The maximum Gasteiger partial charge on any atom is 0.127 e. The zero-order valence-electron chi connectivity index (χ0n) is 26.9. The monoisotopic (exact) mass is 702 g/mol. The Morgan fingerprint density at radius 3 is 1.16 bits per heavy atom. The first kappa shape index (κ1) is 34.7. The average Bonchev–Trinajstić information content (AvgIpc) is 3.16. The molecule has 0 aliphatic carbocycles. The Morgan fingerprint density at radius 2 is 0.755 bits per heavy atom. The van der Waals surface area contributed by atoms with Gasteiger partial charge < -0.3 is 19.7 Å². The third-order valence-electron chi connectivity index (χ3n) is 7.57. The molecule has 0 saturated heterocycles. The lowest BCUT2D eigenvalue weighted by atomic mass is 10.1. The zero-order chi connectivity index (χ0) is 33.7. The fraction of sp³-hybridized carbons (Fsp3) is 0.143. The number of aliphatic hydroxyl groups excluding tert-OH is 2. The Balaban J connectivity index is 0.915. The molecule has 0 fully saturated rings. The van der Waals surface area contributed by atoms with Crippen molar-refractivity contribution in [1.29, 1.82) is 0 Å². The van der Waals surface area contributed by atoms with E-state index >= 15 is 0 Å². The van der Waals surface area contributed by atoms with Gasteiger partial charge in [-0.1, -0.05) is 109 Å². The highest BCUT2D eigenvalue weighted by atomic mass is 32.2. The lowest BCUT2D eigenvalue weighted by Crippen LogP contribution is -2.20. The van der Waals surface area contributed by atoms with Gasteiger partial charge in [0.1, 0.15) is 24.7 Å². The van der Waals surface area contributed by atoms with E-state index in [1.54, 1.807) is 35.3 Å². The minimum Gasteiger partial charge on any atom is -0.490 e. The molecule has 6 aromatic rings. The van der Waals surface area contributed by atoms with Gasteiger partial charge in [-0.15, -0.1) is 23.5 Å². The molecule has 248 valence electrons. The molecule has 2 unspecified atom stereocenters. The summed E-state index contributed by atoms with van der Waals surface area (Å²) < 4.78 is 12.0. The van der Waals surface area contributed by atoms with E-state index in [0.717, 1.165) is 53.3 Å². The molecule has 2 atom stereocenters. The van der Waals surface area contributed by atoms with Crippen molar-refractivity contribution in [2.75, 3.05) is 24.7 Å². The Labute approximate surface area is 301 Å². The number of thioether (sulfide) groups is 2. The van der Waals surface area contributed by atoms with Gasteiger partial charge in [-0.25, -0.2) is 0 Å². The largest absolute Gasteiger partial charge is 0.490 e. The van der Waals surface area contributed by atoms with Crippen LogP contribution in [0.1, 0.15) is 0 Å². The number of ether oxygens (including phenoxy) is 2. The van der Waals surface area contributed by atoms with E-state index in [1.807, 2.05) is 84.9 Å². The molecular weight excluding hydrogens is 665 g/mol. The zero-order valence-corrected chi connectivity index (χ0v) is 29.4. The second kappa shape index (κ2) is 18.0. The van der Waals surface area contributed by atoms with E-state index in [4.69, 9.17) is 9.47 Å². The summed E-state index contributed by atoms with van der Waals surface area (Å²) in [6.07, 6.45) is -1.19. The number of hydrogen-bond acceptors (Lipinski definition) is 7. The normalized spacial score (nSPS) is 12.3. The first-order valence-corrected chi connectivity index (χ1v) is 18.9. The molecule has 0 spiro atoms. The SMILES string of the molecule is OC(COc1ccccc1-c1ccccc1)CSc1ccc(Sc2ccc(SCC(O)COc3ccccc3-c3ccccc3)cc2)cc1. The van der Waals surface area contributed by atoms with Crippen LogP contribution in [0.4, 0.5) is 0 Å². The second-order valence-corrected chi connectivity index (χ2v) is 14.7. The Bertz CT molecular complexity index is 1730. The summed E-state index contributed by atoms with van der Waals surface area (Å²) >= 11 is 4.95. The van der Waals surface area contributed by atoms with Crippen molar-refractivity contribution >= 4 is 35.3 Å². The molecule has 0 saturated carbocycles. The Morgan fingerprint density at radius 1 is 0.408 bits per heavy atom. The molecule has 6 aromatic carbocycles. The second-order valence-electron chi connectivity index (χ2n) is 11.3. The van der Waals surface area contributed by atoms with Gasteiger partial charge in [0, 0.05) is 42.2 Å². The molecule has 2 N–H and O–H groups in total. The lowest BCUT2D eigenvalue weighted by molar-refractivity contribution is 0.126. The van der Waals surface area contributed by atoms with Gasteiger partial charge in [0.15, 0.2) is 0 Å². The third-order valence-corrected chi connectivity index (χ3v) is 10.9. The lowest BCUT2D eigenvalue weighted by Gasteiger charge is -2.15. The standard InChI is InChI=1S/C42H38O4S3/c43-33(27-45-41-17-9-7-15-39(41)31-11-3-1-4-12-31)29-47-35-19-23-37(24-20-35)49-38-25-21-36(22-26-38)48-30-34(44)28-46-42-18-10-8-16-40(42)32-13-5-2-6-14-32/h1-26,33-34,43-44H,27-30H2. The molecule has 0 aromatic heterocycles. The van der Waals surface area contributed by atoms with Gasteiger partial charge in [-0.05, 0) is 71.8 Å². The van der Waals surface area contributed by atoms with E-state index in [1.165, 1.54) is 0 Å². The van der Waals surface area contributed by atoms with Gasteiger partial charge in [0.2, 0.25) is 0 Å². The molecule has 0 radical (unpaired) electrons. The molecule has 7 heteroatoms. The van der Waals surface area contributed by atoms with Crippen LogP contribution in [-0.2, 0) is 0 Å². The average molecular weight is 703 g/mol. The van der Waals surface area contributed by atoms with Gasteiger partial charge >= 0.3 is 0 Å². The molecule has 0 heterocycles. The Kier molecular flexibility index (Phi) is 12.8. The van der Waals surface area contributed by atoms with Crippen molar-refractivity contribution in [3.05, 3.63) is 158 Å². The highest BCUT2D eigenvalue weighted by Gasteiger charge is 2.12. The van der Waals surface area contributed by atoms with Crippen LogP contribution < -0.4 is 9.47 Å². The van der Waals surface area contributed by atoms with Crippen LogP contribution in [0.5, 0.6) is 11.5 Å². The maximum absolute atomic E-state index is 10.6. The number of hydrogen-bond donors (Lipinski definition) is 2. The first-order chi connectivity index (χ1) is 24.1. The van der Waals surface area contributed by atoms with Crippen LogP contribution in [0.3, 0.4) is 0 Å². The summed E-state index contributed by atoms with van der Waals surface area (Å²) in [4.78, 5) is 4.50. The molecule has 0 amide bonds. The molecule has 49 heavy (non-hydrogen) atoms. The molecule has 0 aliphatic heterocycles. The van der Waals surface area contributed by atoms with Crippen molar-refractivity contribution in [2.24, 2.45) is 0 Å². The summed E-state index contributed by atoms with van der Waals surface area (Å²) in [5.74, 6) is 2.63. The summed E-state index contributed by atoms with van der Waals surface area (Å²) in [7, 11) is 0. The highest BCUT2D eigenvalue weighted by Crippen LogP contribution is 2.33. The van der Waals surface area contributed by atoms with Crippen LogP contribution in [0.15, 0.2) is 177 Å². The van der Waals surface area contributed by atoms with E-state index in [-0.39, 0.29) is 13.2 Å². The van der Waals surface area contributed by atoms with Gasteiger partial charge in [0.05, 0.1) is 12.2 Å². The van der Waals surface area contributed by atoms with Gasteiger partial charge in [0.25, 0.3) is 0 Å². The molecule has 6 rings (SSSR count). The smallest absolute Gasteiger partial charge is 0.127 e. The minimum atomic E-state index is -0.593. The van der Waals surface area contributed by atoms with Crippen LogP contribution >= 0.6 is 35.3 Å². The fourth-order valence-corrected chi connectivity index (χ4v) is 7.53. The predicted molar refractivity (Wildman–Crippen MR) is 205 cm³/mol. The van der Waals surface area contributed by atoms with Gasteiger partial charge in [-0.3, -0.25) is 0 Å². The van der Waals surface area contributed by atoms with Crippen LogP contribution in [-0.4, -0.2) is 47.1 Å². The molecular formula is C42H38O4S3. The highest BCUT2D eigenvalue weighted by molar-refractivity contribution is 8.00. The minimum absolute atomic E-state index is 0.231. The molecule has 0 aliphatic rings. The van der Waals surface area contributed by atoms with E-state index < -0.39 is 12.2 Å². The van der Waals surface area contributed by atoms with E-state index in [2.05, 4.69) is 72.8 Å². The van der Waals surface area contributed by atoms with E-state index in [0.29, 0.717) is 11.5 Å². The quantitative estimate of drug-likeness (QED) is 0.0974. The summed E-state index contributed by atoms with van der Waals surface area (Å²) in [6, 6.07) is 53.0. The van der Waals surface area contributed by atoms with Crippen molar-refractivity contribution in [3.8, 4) is 33.8 Å². The van der Waals surface area contributed by atoms with Crippen molar-refractivity contribution in [2.45, 2.75) is 31.8 Å². The van der Waals surface area contributed by atoms with Crippen LogP contribution in [0.25, 0.3) is 22.3 Å². The first-order valence-electron chi connectivity index (χ1n) is 16.1. The number of rotatable bonds is 16. The van der Waals surface area contributed by atoms with E-state index in [9.17, 15) is 10.2 Å². The number of para-hydroxylation sites is 2. The fourth-order valence-electron chi connectivity index (χ4n) is 5.09. The van der Waals surface area contributed by atoms with Crippen molar-refractivity contribution < 1.29 is 19.7 Å². The predicted octanol–water partition coefficient (Wildman–Crippen LogP) is 10.2. The number of aliphatic hydroxyl groups is 2. The summed E-state index contributed by atoms with van der Waals surface area (Å²) in [5.41, 5.74) is 4.22. The maximum atomic E-state index is 10.6. The topological polar surface area (TPSA) is 58.9 Å². The van der Waals surface area contributed by atoms with Crippen LogP contribution in [0.2, 0.25) is 0 Å². The summed E-state index contributed by atoms with van der Waals surface area (Å²) in [6.45, 7) is 0.462. The van der Waals surface area contributed by atoms with Crippen molar-refractivity contribution in [3.63, 3.8) is 0 Å². The number of benzene rings is 6. The van der Waals surface area contributed by atoms with Gasteiger partial charge in [-0.2, -0.15) is 0 Å². The van der Waals surface area contributed by atoms with Crippen molar-refractivity contribution in [1.82, 2.24) is 0 Å². The third kappa shape index (κ3) is 10.4. The summed E-state index contributed by atoms with van der Waals surface area (Å²) in [5, 5.41) is 21.3.